The van der Waals surface area contributed by atoms with Crippen molar-refractivity contribution in [1.82, 2.24) is 0 Å². The van der Waals surface area contributed by atoms with Crippen molar-refractivity contribution in [2.24, 2.45) is 0 Å². The van der Waals surface area contributed by atoms with E-state index in [1.165, 1.54) is 0 Å². The van der Waals surface area contributed by atoms with Gasteiger partial charge in [0.05, 0.1) is 0 Å². The third-order valence-electron chi connectivity index (χ3n) is 2.87. The first-order chi connectivity index (χ1) is 7.36. The lowest BCUT2D eigenvalue weighted by molar-refractivity contribution is 0.104. The minimum absolute atomic E-state index is 0.132. The number of allylic oxidation sites excluding steroid dienone is 2. The van der Waals surface area contributed by atoms with Crippen molar-refractivity contribution in [3.05, 3.63) is 59.7 Å². The van der Waals surface area contributed by atoms with E-state index >= 15 is 0 Å². The zero-order chi connectivity index (χ0) is 10.3. The van der Waals surface area contributed by atoms with Gasteiger partial charge in [0.1, 0.15) is 0 Å². The van der Waals surface area contributed by atoms with Gasteiger partial charge in [0, 0.05) is 5.56 Å². The quantitative estimate of drug-likeness (QED) is 0.629. The Balaban J connectivity index is 2.44. The van der Waals surface area contributed by atoms with Gasteiger partial charge in [-0.2, -0.15) is 0 Å². The van der Waals surface area contributed by atoms with Gasteiger partial charge in [-0.05, 0) is 28.8 Å². The van der Waals surface area contributed by atoms with E-state index in [1.807, 2.05) is 30.3 Å². The Labute approximate surface area is 88.0 Å². The van der Waals surface area contributed by atoms with Gasteiger partial charge < -0.3 is 0 Å². The molecule has 72 valence electrons. The SMILES string of the molecule is O=C1C=CCc2ccc3ccccc3c21. The molecule has 1 heteroatoms. The van der Waals surface area contributed by atoms with Crippen LogP contribution < -0.4 is 0 Å². The van der Waals surface area contributed by atoms with Crippen LogP contribution in [-0.2, 0) is 6.42 Å². The smallest absolute Gasteiger partial charge is 0.186 e. The van der Waals surface area contributed by atoms with E-state index in [1.54, 1.807) is 6.08 Å². The summed E-state index contributed by atoms with van der Waals surface area (Å²) in [5.41, 5.74) is 2.02. The van der Waals surface area contributed by atoms with E-state index in [-0.39, 0.29) is 5.78 Å². The molecule has 0 aliphatic heterocycles. The predicted molar refractivity (Wildman–Crippen MR) is 61.1 cm³/mol. The van der Waals surface area contributed by atoms with Crippen molar-refractivity contribution in [1.29, 1.82) is 0 Å². The first-order valence-electron chi connectivity index (χ1n) is 5.08. The van der Waals surface area contributed by atoms with Crippen LogP contribution in [0.2, 0.25) is 0 Å². The third kappa shape index (κ3) is 1.20. The average Bonchev–Trinajstić information content (AvgIpc) is 2.29. The first-order valence-corrected chi connectivity index (χ1v) is 5.08. The summed E-state index contributed by atoms with van der Waals surface area (Å²) < 4.78 is 0. The van der Waals surface area contributed by atoms with Crippen molar-refractivity contribution in [2.45, 2.75) is 6.42 Å². The highest BCUT2D eigenvalue weighted by Crippen LogP contribution is 2.26. The lowest BCUT2D eigenvalue weighted by Gasteiger charge is -2.12. The van der Waals surface area contributed by atoms with Gasteiger partial charge in [0.15, 0.2) is 5.78 Å². The fourth-order valence-electron chi connectivity index (χ4n) is 2.15. The number of carbonyl (C=O) groups is 1. The molecule has 0 saturated carbocycles. The molecule has 1 nitrogen and oxygen atoms in total. The topological polar surface area (TPSA) is 17.1 Å². The second kappa shape index (κ2) is 3.06. The van der Waals surface area contributed by atoms with Crippen molar-refractivity contribution >= 4 is 16.6 Å². The van der Waals surface area contributed by atoms with Gasteiger partial charge >= 0.3 is 0 Å². The van der Waals surface area contributed by atoms with Gasteiger partial charge in [0.2, 0.25) is 0 Å². The van der Waals surface area contributed by atoms with Crippen LogP contribution in [0, 0.1) is 0 Å². The molecule has 0 heterocycles. The van der Waals surface area contributed by atoms with Crippen molar-refractivity contribution in [3.63, 3.8) is 0 Å². The monoisotopic (exact) mass is 194 g/mol. The summed E-state index contributed by atoms with van der Waals surface area (Å²) in [7, 11) is 0. The number of carbonyl (C=O) groups excluding carboxylic acids is 1. The van der Waals surface area contributed by atoms with Crippen LogP contribution in [0.5, 0.6) is 0 Å². The highest BCUT2D eigenvalue weighted by atomic mass is 16.1. The van der Waals surface area contributed by atoms with E-state index in [9.17, 15) is 4.79 Å². The Kier molecular flexibility index (Phi) is 1.72. The van der Waals surface area contributed by atoms with E-state index < -0.39 is 0 Å². The Bertz CT molecular complexity index is 579. The molecule has 2 aromatic rings. The number of ketones is 1. The van der Waals surface area contributed by atoms with E-state index in [4.69, 9.17) is 0 Å². The highest BCUT2D eigenvalue weighted by molar-refractivity contribution is 6.15. The molecule has 2 aromatic carbocycles. The maximum atomic E-state index is 11.8. The minimum atomic E-state index is 0.132. The summed E-state index contributed by atoms with van der Waals surface area (Å²) in [5.74, 6) is 0.132. The molecule has 0 bridgehead atoms. The van der Waals surface area contributed by atoms with Crippen molar-refractivity contribution in [3.8, 4) is 0 Å². The molecule has 0 aromatic heterocycles. The number of hydrogen-bond acceptors (Lipinski definition) is 1. The van der Waals surface area contributed by atoms with Gasteiger partial charge in [0.25, 0.3) is 0 Å². The third-order valence-corrected chi connectivity index (χ3v) is 2.87. The second-order valence-corrected chi connectivity index (χ2v) is 3.79. The maximum absolute atomic E-state index is 11.8. The summed E-state index contributed by atoms with van der Waals surface area (Å²) in [6.45, 7) is 0. The van der Waals surface area contributed by atoms with Crippen molar-refractivity contribution < 1.29 is 4.79 Å². The van der Waals surface area contributed by atoms with Gasteiger partial charge in [-0.1, -0.05) is 42.5 Å². The Morgan fingerprint density at radius 2 is 1.87 bits per heavy atom. The van der Waals surface area contributed by atoms with Crippen molar-refractivity contribution in [2.75, 3.05) is 0 Å². The summed E-state index contributed by atoms with van der Waals surface area (Å²) in [6, 6.07) is 12.2. The lowest BCUT2D eigenvalue weighted by Crippen LogP contribution is -2.05. The fraction of sp³-hybridized carbons (Fsp3) is 0.0714. The van der Waals surface area contributed by atoms with E-state index in [2.05, 4.69) is 12.1 Å². The van der Waals surface area contributed by atoms with E-state index in [0.717, 1.165) is 28.3 Å². The summed E-state index contributed by atoms with van der Waals surface area (Å²) >= 11 is 0. The van der Waals surface area contributed by atoms with Crippen LogP contribution in [0.25, 0.3) is 10.8 Å². The molecule has 0 atom stereocenters. The van der Waals surface area contributed by atoms with Crippen LogP contribution in [0.15, 0.2) is 48.6 Å². The molecule has 0 radical (unpaired) electrons. The summed E-state index contributed by atoms with van der Waals surface area (Å²) in [6.07, 6.45) is 4.47. The predicted octanol–water partition coefficient (Wildman–Crippen LogP) is 3.13. The average molecular weight is 194 g/mol. The Hall–Kier alpha value is -1.89. The number of rotatable bonds is 0. The molecule has 0 spiro atoms. The van der Waals surface area contributed by atoms with Crippen LogP contribution in [-0.4, -0.2) is 5.78 Å². The summed E-state index contributed by atoms with van der Waals surface area (Å²) in [5, 5.41) is 2.21. The molecular weight excluding hydrogens is 184 g/mol. The molecule has 0 saturated heterocycles. The molecule has 3 rings (SSSR count). The molecule has 1 aliphatic carbocycles. The largest absolute Gasteiger partial charge is 0.289 e. The molecule has 0 fully saturated rings. The Morgan fingerprint density at radius 3 is 2.80 bits per heavy atom. The van der Waals surface area contributed by atoms with Crippen LogP contribution in [0.1, 0.15) is 15.9 Å². The second-order valence-electron chi connectivity index (χ2n) is 3.79. The molecule has 0 N–H and O–H groups in total. The number of hydrogen-bond donors (Lipinski definition) is 0. The first kappa shape index (κ1) is 8.42. The Morgan fingerprint density at radius 1 is 1.00 bits per heavy atom. The lowest BCUT2D eigenvalue weighted by atomic mass is 9.91. The van der Waals surface area contributed by atoms with Crippen LogP contribution in [0.4, 0.5) is 0 Å². The van der Waals surface area contributed by atoms with Gasteiger partial charge in [-0.15, -0.1) is 0 Å². The normalized spacial score (nSPS) is 14.3. The molecule has 0 unspecified atom stereocenters. The van der Waals surface area contributed by atoms with Gasteiger partial charge in [-0.25, -0.2) is 0 Å². The zero-order valence-electron chi connectivity index (χ0n) is 8.23. The number of fused-ring (bicyclic) bond motifs is 3. The minimum Gasteiger partial charge on any atom is -0.289 e. The maximum Gasteiger partial charge on any atom is 0.186 e. The van der Waals surface area contributed by atoms with Crippen LogP contribution in [0.3, 0.4) is 0 Å². The van der Waals surface area contributed by atoms with E-state index in [0.29, 0.717) is 0 Å². The fourth-order valence-corrected chi connectivity index (χ4v) is 2.15. The summed E-state index contributed by atoms with van der Waals surface area (Å²) in [4.78, 5) is 11.8. The van der Waals surface area contributed by atoms with Crippen LogP contribution >= 0.6 is 0 Å². The molecule has 15 heavy (non-hydrogen) atoms. The molecule has 0 amide bonds. The number of benzene rings is 2. The molecular formula is C14H10O. The standard InChI is InChI=1S/C14H10O/c15-13-7-3-5-11-9-8-10-4-1-2-6-12(10)14(11)13/h1-4,6-9H,5H2. The highest BCUT2D eigenvalue weighted by Gasteiger charge is 2.15. The van der Waals surface area contributed by atoms with Gasteiger partial charge in [-0.3, -0.25) is 4.79 Å². The zero-order valence-corrected chi connectivity index (χ0v) is 8.23. The molecule has 1 aliphatic rings.